The van der Waals surface area contributed by atoms with E-state index in [2.05, 4.69) is 0 Å². The van der Waals surface area contributed by atoms with Gasteiger partial charge in [0.05, 0.1) is 0 Å². The number of carboxylic acid groups (broad SMARTS) is 3. The van der Waals surface area contributed by atoms with Gasteiger partial charge in [-0.3, -0.25) is 14.4 Å². The van der Waals surface area contributed by atoms with E-state index in [0.29, 0.717) is 13.0 Å². The van der Waals surface area contributed by atoms with Crippen LogP contribution in [0.2, 0.25) is 0 Å². The summed E-state index contributed by atoms with van der Waals surface area (Å²) in [5, 5.41) is 24.1. The van der Waals surface area contributed by atoms with Gasteiger partial charge in [-0.2, -0.15) is 0 Å². The maximum Gasteiger partial charge on any atom is 0.320 e. The molecule has 0 saturated carbocycles. The van der Waals surface area contributed by atoms with Crippen molar-refractivity contribution >= 4 is 17.9 Å². The lowest BCUT2D eigenvalue weighted by Crippen LogP contribution is -2.29. The molecular formula is C12H28N4O6. The van der Waals surface area contributed by atoms with Gasteiger partial charge in [-0.05, 0) is 33.2 Å². The molecule has 0 spiro atoms. The Morgan fingerprint density at radius 3 is 1.32 bits per heavy atom. The van der Waals surface area contributed by atoms with E-state index in [-0.39, 0.29) is 0 Å². The maximum atomic E-state index is 10.1. The van der Waals surface area contributed by atoms with Crippen molar-refractivity contribution in [3.63, 3.8) is 0 Å². The predicted octanol–water partition coefficient (Wildman–Crippen LogP) is -1.64. The van der Waals surface area contributed by atoms with E-state index in [9.17, 15) is 14.4 Å². The molecule has 0 unspecified atom stereocenters. The highest BCUT2D eigenvalue weighted by molar-refractivity contribution is 5.73. The lowest BCUT2D eigenvalue weighted by molar-refractivity contribution is -0.139. The van der Waals surface area contributed by atoms with Gasteiger partial charge in [0.1, 0.15) is 18.1 Å². The summed E-state index contributed by atoms with van der Waals surface area (Å²) in [4.78, 5) is 29.3. The lowest BCUT2D eigenvalue weighted by Gasteiger charge is -2.03. The third kappa shape index (κ3) is 23.4. The Morgan fingerprint density at radius 2 is 1.14 bits per heavy atom. The Bertz CT molecular complexity index is 305. The van der Waals surface area contributed by atoms with Gasteiger partial charge >= 0.3 is 17.9 Å². The zero-order chi connectivity index (χ0) is 18.3. The second kappa shape index (κ2) is 15.6. The molecule has 0 aromatic rings. The summed E-state index contributed by atoms with van der Waals surface area (Å²) in [6.07, 6.45) is 2.16. The van der Waals surface area contributed by atoms with E-state index >= 15 is 0 Å². The molecule has 10 heteroatoms. The fourth-order valence-electron chi connectivity index (χ4n) is 0.632. The van der Waals surface area contributed by atoms with Gasteiger partial charge in [0, 0.05) is 0 Å². The number of nitrogens with two attached hydrogens (primary N) is 4. The van der Waals surface area contributed by atoms with E-state index in [1.165, 1.54) is 13.8 Å². The molecule has 3 atom stereocenters. The van der Waals surface area contributed by atoms with Gasteiger partial charge in [0.15, 0.2) is 0 Å². The lowest BCUT2D eigenvalue weighted by atomic mass is 10.1. The Kier molecular flexibility index (Phi) is 17.9. The van der Waals surface area contributed by atoms with E-state index in [1.54, 1.807) is 0 Å². The Labute approximate surface area is 129 Å². The van der Waals surface area contributed by atoms with Crippen LogP contribution in [0.3, 0.4) is 0 Å². The van der Waals surface area contributed by atoms with Crippen LogP contribution in [0.5, 0.6) is 0 Å². The minimum atomic E-state index is -0.963. The number of hydrogen-bond donors (Lipinski definition) is 7. The third-order valence-corrected chi connectivity index (χ3v) is 2.07. The van der Waals surface area contributed by atoms with Crippen molar-refractivity contribution in [3.8, 4) is 0 Å². The first-order chi connectivity index (χ1) is 9.97. The van der Waals surface area contributed by atoms with Gasteiger partial charge in [-0.1, -0.05) is 6.42 Å². The smallest absolute Gasteiger partial charge is 0.320 e. The summed E-state index contributed by atoms with van der Waals surface area (Å²) < 4.78 is 0. The van der Waals surface area contributed by atoms with Gasteiger partial charge in [0.25, 0.3) is 0 Å². The molecule has 0 fully saturated rings. The molecule has 0 aromatic heterocycles. The van der Waals surface area contributed by atoms with E-state index in [4.69, 9.17) is 38.3 Å². The van der Waals surface area contributed by atoms with Crippen molar-refractivity contribution in [2.75, 3.05) is 6.54 Å². The van der Waals surface area contributed by atoms with Crippen LogP contribution >= 0.6 is 0 Å². The molecular weight excluding hydrogens is 296 g/mol. The molecule has 0 bridgehead atoms. The minimum absolute atomic E-state index is 0.520. The Balaban J connectivity index is -0.000000261. The zero-order valence-corrected chi connectivity index (χ0v) is 12.9. The molecule has 11 N–H and O–H groups in total. The Morgan fingerprint density at radius 1 is 0.818 bits per heavy atom. The van der Waals surface area contributed by atoms with Crippen molar-refractivity contribution in [1.29, 1.82) is 0 Å². The molecule has 0 aliphatic heterocycles. The SMILES string of the molecule is C[C@@H](N)C(=O)O.C[C@H](N)C(=O)O.NCCCC[C@H](N)C(=O)O. The summed E-state index contributed by atoms with van der Waals surface area (Å²) in [6, 6.07) is -2.18. The highest BCUT2D eigenvalue weighted by atomic mass is 16.4. The normalized spacial score (nSPS) is 13.4. The largest absolute Gasteiger partial charge is 0.480 e. The van der Waals surface area contributed by atoms with Gasteiger partial charge < -0.3 is 38.3 Å². The fourth-order valence-corrected chi connectivity index (χ4v) is 0.632. The van der Waals surface area contributed by atoms with Crippen LogP contribution < -0.4 is 22.9 Å². The first-order valence-electron chi connectivity index (χ1n) is 6.62. The molecule has 0 radical (unpaired) electrons. The van der Waals surface area contributed by atoms with Crippen LogP contribution in [-0.2, 0) is 14.4 Å². The fraction of sp³-hybridized carbons (Fsp3) is 0.750. The molecule has 0 aliphatic rings. The number of rotatable bonds is 7. The second-order valence-electron chi connectivity index (χ2n) is 4.48. The zero-order valence-electron chi connectivity index (χ0n) is 12.9. The van der Waals surface area contributed by atoms with Gasteiger partial charge in [-0.25, -0.2) is 0 Å². The van der Waals surface area contributed by atoms with Crippen LogP contribution in [0.4, 0.5) is 0 Å². The summed E-state index contributed by atoms with van der Waals surface area (Å²) in [7, 11) is 0. The van der Waals surface area contributed by atoms with Crippen molar-refractivity contribution < 1.29 is 29.7 Å². The average Bonchev–Trinajstić information content (AvgIpc) is 2.39. The molecule has 22 heavy (non-hydrogen) atoms. The topological polar surface area (TPSA) is 216 Å². The van der Waals surface area contributed by atoms with Crippen molar-refractivity contribution in [2.24, 2.45) is 22.9 Å². The molecule has 0 rings (SSSR count). The summed E-state index contributed by atoms with van der Waals surface area (Å²) in [6.45, 7) is 3.44. The van der Waals surface area contributed by atoms with Crippen LogP contribution in [0.1, 0.15) is 33.1 Å². The van der Waals surface area contributed by atoms with Crippen LogP contribution in [0, 0.1) is 0 Å². The van der Waals surface area contributed by atoms with Gasteiger partial charge in [-0.15, -0.1) is 0 Å². The van der Waals surface area contributed by atoms with Crippen LogP contribution in [0.15, 0.2) is 0 Å². The monoisotopic (exact) mass is 324 g/mol. The summed E-state index contributed by atoms with van der Waals surface area (Å²) in [5.74, 6) is -2.86. The van der Waals surface area contributed by atoms with Crippen molar-refractivity contribution in [2.45, 2.75) is 51.2 Å². The Hall–Kier alpha value is -1.75. The van der Waals surface area contributed by atoms with Crippen molar-refractivity contribution in [1.82, 2.24) is 0 Å². The van der Waals surface area contributed by atoms with Crippen LogP contribution in [-0.4, -0.2) is 57.9 Å². The molecule has 0 heterocycles. The number of carboxylic acids is 3. The maximum absolute atomic E-state index is 10.1. The standard InChI is InChI=1S/C6H14N2O2.2C3H7NO2/c7-4-2-1-3-5(8)6(9)10;2*1-2(4)3(5)6/h5H,1-4,7-8H2,(H,9,10);2*2H,4H2,1H3,(H,5,6)/t5-;2*2-/m010/s1. The summed E-state index contributed by atoms with van der Waals surface area (Å²) in [5.41, 5.74) is 20.1. The third-order valence-electron chi connectivity index (χ3n) is 2.07. The first kappa shape index (κ1) is 25.2. The molecule has 0 saturated heterocycles. The first-order valence-corrected chi connectivity index (χ1v) is 6.62. The van der Waals surface area contributed by atoms with E-state index in [0.717, 1.165) is 12.8 Å². The van der Waals surface area contributed by atoms with E-state index < -0.39 is 36.0 Å². The highest BCUT2D eigenvalue weighted by Crippen LogP contribution is 1.96. The molecule has 132 valence electrons. The van der Waals surface area contributed by atoms with Crippen molar-refractivity contribution in [3.05, 3.63) is 0 Å². The number of aliphatic carboxylic acids is 3. The van der Waals surface area contributed by atoms with Gasteiger partial charge in [0.2, 0.25) is 0 Å². The molecule has 0 aliphatic carbocycles. The predicted molar refractivity (Wildman–Crippen MR) is 81.1 cm³/mol. The average molecular weight is 324 g/mol. The number of unbranched alkanes of at least 4 members (excludes halogenated alkanes) is 1. The number of carbonyl (C=O) groups is 3. The van der Waals surface area contributed by atoms with E-state index in [1.807, 2.05) is 0 Å². The quantitative estimate of drug-likeness (QED) is 0.265. The molecule has 10 nitrogen and oxygen atoms in total. The molecule has 0 amide bonds. The highest BCUT2D eigenvalue weighted by Gasteiger charge is 2.09. The van der Waals surface area contributed by atoms with Crippen LogP contribution in [0.25, 0.3) is 0 Å². The minimum Gasteiger partial charge on any atom is -0.480 e. The second-order valence-corrected chi connectivity index (χ2v) is 4.48. The molecule has 0 aromatic carbocycles. The number of hydrogen-bond acceptors (Lipinski definition) is 7. The summed E-state index contributed by atoms with van der Waals surface area (Å²) >= 11 is 0.